The molecule has 11 heavy (non-hydrogen) atoms. The Morgan fingerprint density at radius 3 is 2.55 bits per heavy atom. The Hall–Kier alpha value is -1.08. The molecule has 0 spiro atoms. The van der Waals surface area contributed by atoms with E-state index in [0.29, 0.717) is 5.17 Å². The molecule has 0 aliphatic heterocycles. The Labute approximate surface area is 71.0 Å². The third-order valence-electron chi connectivity index (χ3n) is 1.16. The van der Waals surface area contributed by atoms with Crippen LogP contribution < -0.4 is 0 Å². The molecule has 1 aromatic carbocycles. The van der Waals surface area contributed by atoms with E-state index >= 15 is 0 Å². The maximum Gasteiger partial charge on any atom is 0.129 e. The minimum absolute atomic E-state index is 0.413. The number of para-hydroxylation sites is 1. The van der Waals surface area contributed by atoms with Crippen molar-refractivity contribution in [2.45, 2.75) is 0 Å². The van der Waals surface area contributed by atoms with Crippen LogP contribution in [0.15, 0.2) is 48.0 Å². The van der Waals surface area contributed by atoms with Gasteiger partial charge in [0.05, 0.1) is 5.69 Å². The van der Waals surface area contributed by atoms with Crippen molar-refractivity contribution in [2.24, 2.45) is 4.99 Å². The SMILES string of the molecule is C=CC(Cl)=Nc1ccccc1. The molecule has 0 N–H and O–H groups in total. The highest BCUT2D eigenvalue weighted by Gasteiger charge is 1.86. The Morgan fingerprint density at radius 1 is 1.36 bits per heavy atom. The lowest BCUT2D eigenvalue weighted by molar-refractivity contribution is 1.54. The van der Waals surface area contributed by atoms with Crippen molar-refractivity contribution < 1.29 is 0 Å². The molecule has 0 heterocycles. The smallest absolute Gasteiger partial charge is 0.129 e. The summed E-state index contributed by atoms with van der Waals surface area (Å²) in [5, 5.41) is 0.413. The van der Waals surface area contributed by atoms with Crippen LogP contribution in [0.2, 0.25) is 0 Å². The lowest BCUT2D eigenvalue weighted by atomic mass is 10.3. The molecule has 56 valence electrons. The van der Waals surface area contributed by atoms with Crippen molar-refractivity contribution in [1.82, 2.24) is 0 Å². The first-order chi connectivity index (χ1) is 5.33. The molecule has 0 unspecified atom stereocenters. The first-order valence-electron chi connectivity index (χ1n) is 3.24. The number of hydrogen-bond acceptors (Lipinski definition) is 1. The van der Waals surface area contributed by atoms with Crippen LogP contribution >= 0.6 is 11.6 Å². The van der Waals surface area contributed by atoms with Crippen LogP contribution in [0.1, 0.15) is 0 Å². The van der Waals surface area contributed by atoms with Gasteiger partial charge in [0.1, 0.15) is 5.17 Å². The molecule has 2 heteroatoms. The number of nitrogens with zero attached hydrogens (tertiary/aromatic N) is 1. The summed E-state index contributed by atoms with van der Waals surface area (Å²) in [6.07, 6.45) is 1.51. The van der Waals surface area contributed by atoms with E-state index in [4.69, 9.17) is 11.6 Å². The number of rotatable bonds is 2. The highest BCUT2D eigenvalue weighted by molar-refractivity contribution is 6.68. The molecule has 0 bridgehead atoms. The first-order valence-corrected chi connectivity index (χ1v) is 3.62. The van der Waals surface area contributed by atoms with Crippen molar-refractivity contribution in [3.8, 4) is 0 Å². The summed E-state index contributed by atoms with van der Waals surface area (Å²) in [5.74, 6) is 0. The van der Waals surface area contributed by atoms with E-state index in [-0.39, 0.29) is 0 Å². The van der Waals surface area contributed by atoms with Gasteiger partial charge < -0.3 is 0 Å². The summed E-state index contributed by atoms with van der Waals surface area (Å²) in [6.45, 7) is 3.49. The van der Waals surface area contributed by atoms with Crippen LogP contribution in [-0.2, 0) is 0 Å². The molecular formula is C9H8ClN. The van der Waals surface area contributed by atoms with Gasteiger partial charge in [-0.25, -0.2) is 4.99 Å². The topological polar surface area (TPSA) is 12.4 Å². The van der Waals surface area contributed by atoms with Crippen molar-refractivity contribution in [3.63, 3.8) is 0 Å². The van der Waals surface area contributed by atoms with E-state index < -0.39 is 0 Å². The van der Waals surface area contributed by atoms with E-state index in [0.717, 1.165) is 5.69 Å². The van der Waals surface area contributed by atoms with Gasteiger partial charge in [-0.2, -0.15) is 0 Å². The molecule has 1 nitrogen and oxygen atoms in total. The van der Waals surface area contributed by atoms with Gasteiger partial charge >= 0.3 is 0 Å². The molecule has 1 rings (SSSR count). The van der Waals surface area contributed by atoms with Crippen LogP contribution in [0, 0.1) is 0 Å². The molecule has 0 aliphatic rings. The fraction of sp³-hybridized carbons (Fsp3) is 0. The van der Waals surface area contributed by atoms with E-state index in [1.807, 2.05) is 30.3 Å². The van der Waals surface area contributed by atoms with Crippen molar-refractivity contribution >= 4 is 22.5 Å². The van der Waals surface area contributed by atoms with Crippen LogP contribution in [0.25, 0.3) is 0 Å². The van der Waals surface area contributed by atoms with Crippen molar-refractivity contribution in [1.29, 1.82) is 0 Å². The van der Waals surface area contributed by atoms with E-state index in [2.05, 4.69) is 11.6 Å². The second-order valence-corrected chi connectivity index (χ2v) is 2.36. The highest BCUT2D eigenvalue weighted by Crippen LogP contribution is 2.10. The minimum atomic E-state index is 0.413. The van der Waals surface area contributed by atoms with Crippen LogP contribution in [0.4, 0.5) is 5.69 Å². The number of benzene rings is 1. The first kappa shape index (κ1) is 8.02. The van der Waals surface area contributed by atoms with Gasteiger partial charge in [0.25, 0.3) is 0 Å². The second kappa shape index (κ2) is 3.94. The van der Waals surface area contributed by atoms with Crippen LogP contribution in [0.5, 0.6) is 0 Å². The number of allylic oxidation sites excluding steroid dienone is 1. The summed E-state index contributed by atoms with van der Waals surface area (Å²) in [4.78, 5) is 4.04. The molecule has 0 fully saturated rings. The van der Waals surface area contributed by atoms with Crippen molar-refractivity contribution in [3.05, 3.63) is 43.0 Å². The largest absolute Gasteiger partial charge is 0.237 e. The van der Waals surface area contributed by atoms with Gasteiger partial charge in [-0.3, -0.25) is 0 Å². The van der Waals surface area contributed by atoms with Gasteiger partial charge in [-0.15, -0.1) is 0 Å². The zero-order valence-electron chi connectivity index (χ0n) is 6.00. The highest BCUT2D eigenvalue weighted by atomic mass is 35.5. The van der Waals surface area contributed by atoms with E-state index in [1.54, 1.807) is 0 Å². The molecule has 0 aliphatic carbocycles. The number of aliphatic imine (C=N–C) groups is 1. The summed E-state index contributed by atoms with van der Waals surface area (Å²) >= 11 is 5.63. The zero-order chi connectivity index (χ0) is 8.10. The predicted octanol–water partition coefficient (Wildman–Crippen LogP) is 3.14. The van der Waals surface area contributed by atoms with E-state index in [1.165, 1.54) is 6.08 Å². The monoisotopic (exact) mass is 165 g/mol. The Kier molecular flexibility index (Phi) is 2.87. The van der Waals surface area contributed by atoms with Gasteiger partial charge in [0.2, 0.25) is 0 Å². The standard InChI is InChI=1S/C9H8ClN/c1-2-9(10)11-8-6-4-3-5-7-8/h2-7H,1H2. The normalized spacial score (nSPS) is 11.2. The minimum Gasteiger partial charge on any atom is -0.237 e. The molecular weight excluding hydrogens is 158 g/mol. The third kappa shape index (κ3) is 2.56. The molecule has 0 saturated carbocycles. The molecule has 1 aromatic rings. The molecule has 0 radical (unpaired) electrons. The van der Waals surface area contributed by atoms with Gasteiger partial charge in [-0.05, 0) is 18.2 Å². The molecule has 0 saturated heterocycles. The lowest BCUT2D eigenvalue weighted by Gasteiger charge is -1.90. The molecule has 0 aromatic heterocycles. The molecule has 0 amide bonds. The predicted molar refractivity (Wildman–Crippen MR) is 49.6 cm³/mol. The van der Waals surface area contributed by atoms with Gasteiger partial charge in [0.15, 0.2) is 0 Å². The Morgan fingerprint density at radius 2 is 2.00 bits per heavy atom. The average molecular weight is 166 g/mol. The Bertz CT molecular complexity index is 264. The van der Waals surface area contributed by atoms with Gasteiger partial charge in [0, 0.05) is 0 Å². The van der Waals surface area contributed by atoms with Gasteiger partial charge in [-0.1, -0.05) is 36.4 Å². The lowest BCUT2D eigenvalue weighted by Crippen LogP contribution is -1.75. The maximum atomic E-state index is 5.63. The zero-order valence-corrected chi connectivity index (χ0v) is 6.75. The summed E-state index contributed by atoms with van der Waals surface area (Å²) in [6, 6.07) is 9.51. The summed E-state index contributed by atoms with van der Waals surface area (Å²) in [5.41, 5.74) is 0.845. The number of halogens is 1. The fourth-order valence-corrected chi connectivity index (χ4v) is 0.769. The number of hydrogen-bond donors (Lipinski definition) is 0. The van der Waals surface area contributed by atoms with Crippen LogP contribution in [-0.4, -0.2) is 5.17 Å². The maximum absolute atomic E-state index is 5.63. The van der Waals surface area contributed by atoms with Crippen LogP contribution in [0.3, 0.4) is 0 Å². The van der Waals surface area contributed by atoms with Crippen molar-refractivity contribution in [2.75, 3.05) is 0 Å². The summed E-state index contributed by atoms with van der Waals surface area (Å²) < 4.78 is 0. The Balaban J connectivity index is 2.87. The van der Waals surface area contributed by atoms with E-state index in [9.17, 15) is 0 Å². The molecule has 0 atom stereocenters. The third-order valence-corrected chi connectivity index (χ3v) is 1.40. The summed E-state index contributed by atoms with van der Waals surface area (Å²) in [7, 11) is 0. The average Bonchev–Trinajstić information content (AvgIpc) is 2.06. The second-order valence-electron chi connectivity index (χ2n) is 1.97. The quantitative estimate of drug-likeness (QED) is 0.597. The fourth-order valence-electron chi connectivity index (χ4n) is 0.672.